The Morgan fingerprint density at radius 1 is 1.21 bits per heavy atom. The van der Waals surface area contributed by atoms with E-state index in [0.29, 0.717) is 23.8 Å². The minimum absolute atomic E-state index is 0.0151. The number of aliphatic hydroxyl groups is 1. The van der Waals surface area contributed by atoms with Crippen LogP contribution in [0.1, 0.15) is 6.92 Å². The van der Waals surface area contributed by atoms with Gasteiger partial charge in [0, 0.05) is 23.9 Å². The molecule has 14 heavy (non-hydrogen) atoms. The summed E-state index contributed by atoms with van der Waals surface area (Å²) in [6, 6.07) is 5.17. The van der Waals surface area contributed by atoms with Gasteiger partial charge in [-0.25, -0.2) is 0 Å². The van der Waals surface area contributed by atoms with Crippen LogP contribution in [-0.2, 0) is 0 Å². The van der Waals surface area contributed by atoms with Crippen LogP contribution in [0, 0.1) is 0 Å². The summed E-state index contributed by atoms with van der Waals surface area (Å²) in [7, 11) is 0. The molecule has 1 aromatic carbocycles. The molecule has 0 amide bonds. The zero-order valence-corrected chi connectivity index (χ0v) is 8.19. The maximum Gasteiger partial charge on any atom is 0.125 e. The fraction of sp³-hybridized carbons (Fsp3) is 0.400. The van der Waals surface area contributed by atoms with Gasteiger partial charge in [-0.3, -0.25) is 0 Å². The molecule has 0 aliphatic heterocycles. The number of aliphatic hydroxyl groups excluding tert-OH is 1. The van der Waals surface area contributed by atoms with Crippen LogP contribution in [0.5, 0.6) is 11.5 Å². The molecule has 1 rings (SSSR count). The highest BCUT2D eigenvalue weighted by atomic mass is 16.5. The predicted molar refractivity (Wildman–Crippen MR) is 54.6 cm³/mol. The second kappa shape index (κ2) is 5.34. The molecule has 3 N–H and O–H groups in total. The molecule has 78 valence electrons. The number of ether oxygens (including phenoxy) is 2. The van der Waals surface area contributed by atoms with Crippen molar-refractivity contribution in [3.05, 3.63) is 18.2 Å². The lowest BCUT2D eigenvalue weighted by molar-refractivity contribution is 0.201. The van der Waals surface area contributed by atoms with Crippen molar-refractivity contribution in [3.8, 4) is 11.5 Å². The van der Waals surface area contributed by atoms with E-state index in [2.05, 4.69) is 0 Å². The first-order valence-electron chi connectivity index (χ1n) is 4.53. The first kappa shape index (κ1) is 10.7. The average Bonchev–Trinajstić information content (AvgIpc) is 2.14. The SMILES string of the molecule is CCOc1cc(N)cc(OCCO)c1. The minimum Gasteiger partial charge on any atom is -0.494 e. The Morgan fingerprint density at radius 2 is 1.86 bits per heavy atom. The number of rotatable bonds is 5. The first-order valence-corrected chi connectivity index (χ1v) is 4.53. The Bertz CT molecular complexity index is 289. The second-order valence-electron chi connectivity index (χ2n) is 2.74. The second-order valence-corrected chi connectivity index (χ2v) is 2.74. The van der Waals surface area contributed by atoms with Gasteiger partial charge >= 0.3 is 0 Å². The van der Waals surface area contributed by atoms with E-state index in [1.165, 1.54) is 0 Å². The molecule has 0 aliphatic rings. The van der Waals surface area contributed by atoms with Crippen molar-refractivity contribution in [2.75, 3.05) is 25.6 Å². The monoisotopic (exact) mass is 197 g/mol. The van der Waals surface area contributed by atoms with Gasteiger partial charge in [0.15, 0.2) is 0 Å². The van der Waals surface area contributed by atoms with Gasteiger partial charge in [0.05, 0.1) is 13.2 Å². The highest BCUT2D eigenvalue weighted by molar-refractivity contribution is 5.50. The number of nitrogens with two attached hydrogens (primary N) is 1. The van der Waals surface area contributed by atoms with Gasteiger partial charge < -0.3 is 20.3 Å². The lowest BCUT2D eigenvalue weighted by Crippen LogP contribution is -2.02. The van der Waals surface area contributed by atoms with Crippen molar-refractivity contribution in [3.63, 3.8) is 0 Å². The average molecular weight is 197 g/mol. The van der Waals surface area contributed by atoms with Gasteiger partial charge in [-0.15, -0.1) is 0 Å². The van der Waals surface area contributed by atoms with E-state index < -0.39 is 0 Å². The molecule has 0 radical (unpaired) electrons. The molecule has 1 aromatic rings. The molecule has 0 bridgehead atoms. The van der Waals surface area contributed by atoms with E-state index in [1.807, 2.05) is 6.92 Å². The third-order valence-electron chi connectivity index (χ3n) is 1.57. The van der Waals surface area contributed by atoms with Gasteiger partial charge in [0.2, 0.25) is 0 Å². The van der Waals surface area contributed by atoms with Crippen molar-refractivity contribution in [1.82, 2.24) is 0 Å². The molecule has 0 saturated heterocycles. The van der Waals surface area contributed by atoms with Crippen molar-refractivity contribution < 1.29 is 14.6 Å². The summed E-state index contributed by atoms with van der Waals surface area (Å²) in [5, 5.41) is 8.58. The molecule has 0 unspecified atom stereocenters. The van der Waals surface area contributed by atoms with E-state index in [1.54, 1.807) is 18.2 Å². The molecule has 0 spiro atoms. The number of hydrogen-bond acceptors (Lipinski definition) is 4. The van der Waals surface area contributed by atoms with Crippen LogP contribution in [-0.4, -0.2) is 24.9 Å². The smallest absolute Gasteiger partial charge is 0.125 e. The zero-order chi connectivity index (χ0) is 10.4. The van der Waals surface area contributed by atoms with Gasteiger partial charge in [0.1, 0.15) is 18.1 Å². The normalized spacial score (nSPS) is 9.86. The molecule has 4 heteroatoms. The van der Waals surface area contributed by atoms with Crippen LogP contribution in [0.25, 0.3) is 0 Å². The molecule has 0 saturated carbocycles. The van der Waals surface area contributed by atoms with Crippen molar-refractivity contribution >= 4 is 5.69 Å². The molecular formula is C10H15NO3. The van der Waals surface area contributed by atoms with E-state index in [9.17, 15) is 0 Å². The fourth-order valence-corrected chi connectivity index (χ4v) is 1.09. The van der Waals surface area contributed by atoms with Crippen molar-refractivity contribution in [2.45, 2.75) is 6.92 Å². The number of benzene rings is 1. The summed E-state index contributed by atoms with van der Waals surface area (Å²) in [4.78, 5) is 0. The quantitative estimate of drug-likeness (QED) is 0.692. The Hall–Kier alpha value is -1.42. The molecule has 0 aromatic heterocycles. The summed E-state index contributed by atoms with van der Waals surface area (Å²) in [6.45, 7) is 2.73. The van der Waals surface area contributed by atoms with Crippen molar-refractivity contribution in [2.24, 2.45) is 0 Å². The van der Waals surface area contributed by atoms with Crippen LogP contribution in [0.15, 0.2) is 18.2 Å². The Balaban J connectivity index is 2.73. The molecular weight excluding hydrogens is 182 g/mol. The molecule has 0 aliphatic carbocycles. The van der Waals surface area contributed by atoms with E-state index in [0.717, 1.165) is 0 Å². The topological polar surface area (TPSA) is 64.7 Å². The van der Waals surface area contributed by atoms with Gasteiger partial charge in [-0.1, -0.05) is 0 Å². The molecule has 0 heterocycles. The van der Waals surface area contributed by atoms with E-state index in [-0.39, 0.29) is 13.2 Å². The van der Waals surface area contributed by atoms with Crippen LogP contribution < -0.4 is 15.2 Å². The van der Waals surface area contributed by atoms with E-state index in [4.69, 9.17) is 20.3 Å². The summed E-state index contributed by atoms with van der Waals surface area (Å²) in [6.07, 6.45) is 0. The molecule has 0 atom stereocenters. The molecule has 4 nitrogen and oxygen atoms in total. The third kappa shape index (κ3) is 3.14. The maximum atomic E-state index is 8.58. The fourth-order valence-electron chi connectivity index (χ4n) is 1.09. The predicted octanol–water partition coefficient (Wildman–Crippen LogP) is 1.04. The lowest BCUT2D eigenvalue weighted by atomic mass is 10.3. The van der Waals surface area contributed by atoms with Crippen molar-refractivity contribution in [1.29, 1.82) is 0 Å². The Morgan fingerprint density at radius 3 is 2.43 bits per heavy atom. The van der Waals surface area contributed by atoms with Crippen LogP contribution in [0.3, 0.4) is 0 Å². The number of hydrogen-bond donors (Lipinski definition) is 2. The standard InChI is InChI=1S/C10H15NO3/c1-2-13-9-5-8(11)6-10(7-9)14-4-3-12/h5-7,12H,2-4,11H2,1H3. The zero-order valence-electron chi connectivity index (χ0n) is 8.19. The Kier molecular flexibility index (Phi) is 4.07. The first-order chi connectivity index (χ1) is 6.76. The Labute approximate surface area is 83.3 Å². The van der Waals surface area contributed by atoms with Crippen LogP contribution >= 0.6 is 0 Å². The highest BCUT2D eigenvalue weighted by Gasteiger charge is 2.00. The van der Waals surface area contributed by atoms with E-state index >= 15 is 0 Å². The summed E-state index contributed by atoms with van der Waals surface area (Å²) in [5.74, 6) is 1.29. The van der Waals surface area contributed by atoms with Gasteiger partial charge in [-0.05, 0) is 6.92 Å². The summed E-state index contributed by atoms with van der Waals surface area (Å²) >= 11 is 0. The minimum atomic E-state index is -0.0151. The molecule has 0 fully saturated rings. The number of anilines is 1. The van der Waals surface area contributed by atoms with Crippen LogP contribution in [0.2, 0.25) is 0 Å². The number of nitrogen functional groups attached to an aromatic ring is 1. The maximum absolute atomic E-state index is 8.58. The summed E-state index contributed by atoms with van der Waals surface area (Å²) in [5.41, 5.74) is 6.23. The van der Waals surface area contributed by atoms with Gasteiger partial charge in [0.25, 0.3) is 0 Å². The lowest BCUT2D eigenvalue weighted by Gasteiger charge is -2.08. The van der Waals surface area contributed by atoms with Gasteiger partial charge in [-0.2, -0.15) is 0 Å². The largest absolute Gasteiger partial charge is 0.494 e. The third-order valence-corrected chi connectivity index (χ3v) is 1.57. The highest BCUT2D eigenvalue weighted by Crippen LogP contribution is 2.24. The summed E-state index contributed by atoms with van der Waals surface area (Å²) < 4.78 is 10.5. The van der Waals surface area contributed by atoms with Crippen LogP contribution in [0.4, 0.5) is 5.69 Å².